The van der Waals surface area contributed by atoms with E-state index in [1.54, 1.807) is 16.3 Å². The number of rotatable bonds is 10. The van der Waals surface area contributed by atoms with E-state index >= 15 is 0 Å². The van der Waals surface area contributed by atoms with Crippen LogP contribution in [0.2, 0.25) is 5.02 Å². The number of nitrogens with one attached hydrogen (secondary N) is 4. The zero-order valence-corrected chi connectivity index (χ0v) is 23.7. The van der Waals surface area contributed by atoms with Crippen molar-refractivity contribution < 1.29 is 14.4 Å². The topological polar surface area (TPSA) is 179 Å². The second-order valence-electron chi connectivity index (χ2n) is 9.31. The average molecular weight is 591 g/mol. The molecule has 14 heteroatoms. The molecular formula is C25H31ClN8O3S2. The summed E-state index contributed by atoms with van der Waals surface area (Å²) in [6.45, 7) is 0.893. The van der Waals surface area contributed by atoms with Crippen molar-refractivity contribution in [3.8, 4) is 0 Å². The highest BCUT2D eigenvalue weighted by Gasteiger charge is 2.37. The van der Waals surface area contributed by atoms with Crippen molar-refractivity contribution in [2.75, 3.05) is 20.1 Å². The molecular weight excluding hydrogens is 560 g/mol. The quantitative estimate of drug-likeness (QED) is 0.119. The van der Waals surface area contributed by atoms with Gasteiger partial charge in [-0.15, -0.1) is 22.7 Å². The van der Waals surface area contributed by atoms with E-state index in [4.69, 9.17) is 28.5 Å². The zero-order valence-electron chi connectivity index (χ0n) is 21.3. The number of guanidine groups is 1. The Hall–Kier alpha value is -3.26. The summed E-state index contributed by atoms with van der Waals surface area (Å²) in [7, 11) is 1.51. The van der Waals surface area contributed by atoms with Crippen LogP contribution in [0.15, 0.2) is 29.6 Å². The fourth-order valence-corrected chi connectivity index (χ4v) is 6.71. The number of amides is 3. The van der Waals surface area contributed by atoms with Crippen molar-refractivity contribution in [1.29, 1.82) is 5.41 Å². The number of nitrogens with zero attached hydrogens (tertiary/aromatic N) is 2. The molecule has 1 saturated heterocycles. The van der Waals surface area contributed by atoms with Crippen molar-refractivity contribution in [3.63, 3.8) is 0 Å². The summed E-state index contributed by atoms with van der Waals surface area (Å²) in [5.74, 6) is -1.01. The SMILES string of the molecule is CNC(=O)[C@H](CCCCNC(=N)N)NC(=O)c1csc([C@@H]2C[C@@H](N)CN2C(=O)c2cc3ccc(Cl)cc3s2)n1. The minimum atomic E-state index is -0.732. The number of likely N-dealkylation sites (tertiary alicyclic amines) is 1. The molecule has 4 rings (SSSR count). The second-order valence-corrected chi connectivity index (χ2v) is 11.7. The van der Waals surface area contributed by atoms with E-state index in [-0.39, 0.29) is 35.6 Å². The maximum Gasteiger partial charge on any atom is 0.271 e. The van der Waals surface area contributed by atoms with Gasteiger partial charge in [0, 0.05) is 41.3 Å². The van der Waals surface area contributed by atoms with E-state index in [0.29, 0.717) is 53.7 Å². The van der Waals surface area contributed by atoms with Gasteiger partial charge in [0.25, 0.3) is 11.8 Å². The van der Waals surface area contributed by atoms with Crippen LogP contribution in [0.25, 0.3) is 10.1 Å². The molecule has 208 valence electrons. The van der Waals surface area contributed by atoms with Gasteiger partial charge in [0.2, 0.25) is 5.91 Å². The normalized spacial score (nSPS) is 17.7. The predicted octanol–water partition coefficient (Wildman–Crippen LogP) is 2.42. The molecule has 0 radical (unpaired) electrons. The Labute approximate surface area is 238 Å². The molecule has 1 aliphatic heterocycles. The molecule has 1 aromatic carbocycles. The molecule has 0 bridgehead atoms. The number of halogens is 1. The van der Waals surface area contributed by atoms with Crippen LogP contribution in [-0.4, -0.2) is 65.8 Å². The van der Waals surface area contributed by atoms with E-state index in [0.717, 1.165) is 10.1 Å². The number of thiophene rings is 1. The fraction of sp³-hybridized carbons (Fsp3) is 0.400. The van der Waals surface area contributed by atoms with Gasteiger partial charge in [0.1, 0.15) is 16.7 Å². The minimum Gasteiger partial charge on any atom is -0.370 e. The largest absolute Gasteiger partial charge is 0.370 e. The Morgan fingerprint density at radius 3 is 2.82 bits per heavy atom. The van der Waals surface area contributed by atoms with Gasteiger partial charge >= 0.3 is 0 Å². The number of unbranched alkanes of at least 4 members (excludes halogenated alkanes) is 1. The van der Waals surface area contributed by atoms with Crippen LogP contribution in [0.3, 0.4) is 0 Å². The van der Waals surface area contributed by atoms with E-state index in [9.17, 15) is 14.4 Å². The van der Waals surface area contributed by atoms with Crippen molar-refractivity contribution in [2.24, 2.45) is 11.5 Å². The molecule has 11 nitrogen and oxygen atoms in total. The Kier molecular flexibility index (Phi) is 9.38. The van der Waals surface area contributed by atoms with Gasteiger partial charge in [0.05, 0.1) is 10.9 Å². The monoisotopic (exact) mass is 590 g/mol. The van der Waals surface area contributed by atoms with Crippen molar-refractivity contribution in [2.45, 2.75) is 43.8 Å². The molecule has 1 aliphatic rings. The molecule has 1 fully saturated rings. The number of hydrogen-bond acceptors (Lipinski definition) is 8. The van der Waals surface area contributed by atoms with Crippen LogP contribution in [0, 0.1) is 5.41 Å². The summed E-state index contributed by atoms with van der Waals surface area (Å²) in [5.41, 5.74) is 11.7. The van der Waals surface area contributed by atoms with Gasteiger partial charge in [-0.3, -0.25) is 19.8 Å². The van der Waals surface area contributed by atoms with Crippen molar-refractivity contribution >= 4 is 68.0 Å². The maximum atomic E-state index is 13.5. The van der Waals surface area contributed by atoms with Crippen molar-refractivity contribution in [3.05, 3.63) is 50.2 Å². The Morgan fingerprint density at radius 1 is 1.28 bits per heavy atom. The molecule has 3 amide bonds. The van der Waals surface area contributed by atoms with Crippen LogP contribution in [0.5, 0.6) is 0 Å². The van der Waals surface area contributed by atoms with Gasteiger partial charge in [0.15, 0.2) is 5.96 Å². The Balaban J connectivity index is 1.43. The minimum absolute atomic E-state index is 0.109. The number of aromatic nitrogens is 1. The third-order valence-corrected chi connectivity index (χ3v) is 8.70. The lowest BCUT2D eigenvalue weighted by Gasteiger charge is -2.22. The summed E-state index contributed by atoms with van der Waals surface area (Å²) < 4.78 is 0.930. The molecule has 0 spiro atoms. The third-order valence-electron chi connectivity index (χ3n) is 6.43. The molecule has 39 heavy (non-hydrogen) atoms. The number of carbonyl (C=O) groups is 3. The first kappa shape index (κ1) is 28.7. The fourth-order valence-electron chi connectivity index (χ4n) is 4.50. The number of nitrogens with two attached hydrogens (primary N) is 2. The summed E-state index contributed by atoms with van der Waals surface area (Å²) in [6.07, 6.45) is 2.28. The number of benzene rings is 1. The van der Waals surface area contributed by atoms with Gasteiger partial charge in [-0.1, -0.05) is 17.7 Å². The lowest BCUT2D eigenvalue weighted by atomic mass is 10.1. The summed E-state index contributed by atoms with van der Waals surface area (Å²) >= 11 is 8.78. The van der Waals surface area contributed by atoms with E-state index in [1.807, 2.05) is 18.2 Å². The number of thiazole rings is 1. The van der Waals surface area contributed by atoms with Gasteiger partial charge < -0.3 is 32.3 Å². The molecule has 3 atom stereocenters. The number of likely N-dealkylation sites (N-methyl/N-ethyl adjacent to an activating group) is 1. The highest BCUT2D eigenvalue weighted by Crippen LogP contribution is 2.37. The average Bonchev–Trinajstić information content (AvgIpc) is 3.64. The van der Waals surface area contributed by atoms with Gasteiger partial charge in [-0.05, 0) is 49.3 Å². The molecule has 8 N–H and O–H groups in total. The van der Waals surface area contributed by atoms with Crippen molar-refractivity contribution in [1.82, 2.24) is 25.8 Å². The summed E-state index contributed by atoms with van der Waals surface area (Å²) in [5, 5.41) is 19.1. The Morgan fingerprint density at radius 2 is 2.08 bits per heavy atom. The van der Waals surface area contributed by atoms with Crippen LogP contribution < -0.4 is 27.4 Å². The van der Waals surface area contributed by atoms with Gasteiger partial charge in [-0.2, -0.15) is 0 Å². The van der Waals surface area contributed by atoms with E-state index < -0.39 is 11.9 Å². The molecule has 2 aromatic heterocycles. The van der Waals surface area contributed by atoms with Crippen LogP contribution in [0.4, 0.5) is 0 Å². The predicted molar refractivity (Wildman–Crippen MR) is 154 cm³/mol. The van der Waals surface area contributed by atoms with Gasteiger partial charge in [-0.25, -0.2) is 4.98 Å². The second kappa shape index (κ2) is 12.7. The molecule has 0 unspecified atom stereocenters. The number of carbonyl (C=O) groups excluding carboxylic acids is 3. The van der Waals surface area contributed by atoms with Crippen LogP contribution >= 0.6 is 34.3 Å². The number of hydrogen-bond donors (Lipinski definition) is 6. The lowest BCUT2D eigenvalue weighted by Crippen LogP contribution is -2.45. The molecule has 3 aromatic rings. The Bertz CT molecular complexity index is 1380. The first-order valence-corrected chi connectivity index (χ1v) is 14.5. The standard InChI is InChI=1S/C25H31ClN8O3S2/c1-30-21(35)16(4-2-3-7-31-25(28)29)32-22(36)17-12-38-23(33-17)18-10-15(27)11-34(18)24(37)20-8-13-5-6-14(26)9-19(13)39-20/h5-6,8-9,12,15-16,18H,2-4,7,10-11,27H2,1H3,(H,30,35)(H,32,36)(H4,28,29,31)/t15-,16+,18+/m1/s1. The summed E-state index contributed by atoms with van der Waals surface area (Å²) in [6, 6.07) is 6.09. The first-order chi connectivity index (χ1) is 18.7. The van der Waals surface area contributed by atoms with E-state index in [1.165, 1.54) is 29.7 Å². The molecule has 0 saturated carbocycles. The van der Waals surface area contributed by atoms with E-state index in [2.05, 4.69) is 20.9 Å². The van der Waals surface area contributed by atoms with Crippen LogP contribution in [-0.2, 0) is 4.79 Å². The smallest absolute Gasteiger partial charge is 0.271 e. The molecule has 3 heterocycles. The third kappa shape index (κ3) is 7.04. The first-order valence-electron chi connectivity index (χ1n) is 12.5. The number of fused-ring (bicyclic) bond motifs is 1. The molecule has 0 aliphatic carbocycles. The maximum absolute atomic E-state index is 13.5. The van der Waals surface area contributed by atoms with Crippen LogP contribution in [0.1, 0.15) is 56.9 Å². The zero-order chi connectivity index (χ0) is 28.1. The highest BCUT2D eigenvalue weighted by molar-refractivity contribution is 7.20. The highest BCUT2D eigenvalue weighted by atomic mass is 35.5. The lowest BCUT2D eigenvalue weighted by molar-refractivity contribution is -0.122. The summed E-state index contributed by atoms with van der Waals surface area (Å²) in [4.78, 5) is 45.7.